The van der Waals surface area contributed by atoms with Crippen molar-refractivity contribution in [2.24, 2.45) is 7.05 Å². The van der Waals surface area contributed by atoms with Gasteiger partial charge in [0.25, 0.3) is 0 Å². The van der Waals surface area contributed by atoms with E-state index in [1.165, 1.54) is 4.57 Å². The smallest absolute Gasteiger partial charge is 0.347 e. The third kappa shape index (κ3) is 1.19. The van der Waals surface area contributed by atoms with Gasteiger partial charge in [0.05, 0.1) is 10.8 Å². The number of hydrogen-bond donors (Lipinski definition) is 0. The van der Waals surface area contributed by atoms with E-state index in [2.05, 4.69) is 12.2 Å². The lowest BCUT2D eigenvalue weighted by atomic mass is 9.67. The molecular weight excluding hydrogens is 302 g/mol. The molecule has 0 aromatic carbocycles. The van der Waals surface area contributed by atoms with Gasteiger partial charge in [-0.3, -0.25) is 0 Å². The molecule has 7 heteroatoms. The molecule has 118 valence electrons. The first-order valence-electron chi connectivity index (χ1n) is 7.99. The molecule has 1 aromatic rings. The average Bonchev–Trinajstić information content (AvgIpc) is 3.23. The number of allylic oxidation sites excluding steroid dienone is 1. The molecule has 0 unspecified atom stereocenters. The summed E-state index contributed by atoms with van der Waals surface area (Å²) in [6.07, 6.45) is 8.45. The molecular formula is C15H19N3O3S. The van der Waals surface area contributed by atoms with Gasteiger partial charge in [0.2, 0.25) is 0 Å². The van der Waals surface area contributed by atoms with E-state index in [0.29, 0.717) is 0 Å². The van der Waals surface area contributed by atoms with Gasteiger partial charge in [-0.15, -0.1) is 11.8 Å². The highest BCUT2D eigenvalue weighted by Crippen LogP contribution is 2.64. The standard InChI is InChI=1S/C15H19N3O3S/c1-16-12(19)17-10-4-5-11(18(17)13(16)20)15(7-3-9-22-15)14(10)6-2-8-21-14/h4-5,10-11H,2-3,6-9H2,1H3/t10-,11+,14+,15-/m0/s1. The van der Waals surface area contributed by atoms with E-state index < -0.39 is 0 Å². The Morgan fingerprint density at radius 2 is 1.86 bits per heavy atom. The molecule has 2 spiro atoms. The quantitative estimate of drug-likeness (QED) is 0.664. The maximum absolute atomic E-state index is 12.6. The van der Waals surface area contributed by atoms with E-state index in [0.717, 1.165) is 38.0 Å². The Hall–Kier alpha value is -1.21. The number of rotatable bonds is 0. The highest BCUT2D eigenvalue weighted by atomic mass is 32.2. The Kier molecular flexibility index (Phi) is 2.41. The molecule has 2 bridgehead atoms. The summed E-state index contributed by atoms with van der Waals surface area (Å²) in [6.45, 7) is 0.755. The van der Waals surface area contributed by atoms with Crippen molar-refractivity contribution in [3.8, 4) is 0 Å². The van der Waals surface area contributed by atoms with Crippen molar-refractivity contribution in [2.45, 2.75) is 48.1 Å². The minimum Gasteiger partial charge on any atom is -0.371 e. The molecule has 6 rings (SSSR count). The first-order valence-corrected chi connectivity index (χ1v) is 8.97. The van der Waals surface area contributed by atoms with Gasteiger partial charge >= 0.3 is 11.4 Å². The van der Waals surface area contributed by atoms with Crippen LogP contribution in [0.25, 0.3) is 0 Å². The van der Waals surface area contributed by atoms with E-state index in [-0.39, 0.29) is 33.8 Å². The Bertz CT molecular complexity index is 726. The minimum absolute atomic E-state index is 0.0792. The van der Waals surface area contributed by atoms with E-state index in [9.17, 15) is 9.59 Å². The normalized spacial score (nSPS) is 41.9. The average molecular weight is 321 g/mol. The molecule has 2 saturated heterocycles. The molecule has 5 heterocycles. The lowest BCUT2D eigenvalue weighted by Crippen LogP contribution is -2.67. The predicted molar refractivity (Wildman–Crippen MR) is 83.5 cm³/mol. The van der Waals surface area contributed by atoms with Gasteiger partial charge in [0, 0.05) is 13.7 Å². The number of aromatic nitrogens is 3. The monoisotopic (exact) mass is 321 g/mol. The van der Waals surface area contributed by atoms with Crippen LogP contribution in [-0.4, -0.2) is 36.6 Å². The van der Waals surface area contributed by atoms with E-state index in [1.807, 2.05) is 11.8 Å². The molecule has 2 fully saturated rings. The number of thioether (sulfide) groups is 1. The highest BCUT2D eigenvalue weighted by Gasteiger charge is 2.68. The van der Waals surface area contributed by atoms with Gasteiger partial charge in [-0.05, 0) is 31.4 Å². The Morgan fingerprint density at radius 3 is 2.50 bits per heavy atom. The fraction of sp³-hybridized carbons (Fsp3) is 0.733. The summed E-state index contributed by atoms with van der Waals surface area (Å²) < 4.78 is 10.8. The zero-order valence-electron chi connectivity index (χ0n) is 12.5. The Labute approximate surface area is 131 Å². The molecule has 6 nitrogen and oxygen atoms in total. The van der Waals surface area contributed by atoms with Crippen LogP contribution in [0.1, 0.15) is 37.8 Å². The molecule has 0 saturated carbocycles. The molecule has 1 aliphatic carbocycles. The van der Waals surface area contributed by atoms with Crippen LogP contribution in [-0.2, 0) is 11.8 Å². The summed E-state index contributed by atoms with van der Waals surface area (Å²) in [5, 5.41) is 0. The van der Waals surface area contributed by atoms with Gasteiger partial charge < -0.3 is 4.74 Å². The van der Waals surface area contributed by atoms with Gasteiger partial charge in [-0.2, -0.15) is 0 Å². The molecule has 5 aliphatic rings. The summed E-state index contributed by atoms with van der Waals surface area (Å²) >= 11 is 1.95. The first kappa shape index (κ1) is 13.2. The van der Waals surface area contributed by atoms with Crippen LogP contribution in [0.15, 0.2) is 21.7 Å². The molecule has 4 atom stereocenters. The summed E-state index contributed by atoms with van der Waals surface area (Å²) in [4.78, 5) is 25.2. The van der Waals surface area contributed by atoms with Crippen LogP contribution in [0, 0.1) is 0 Å². The molecule has 4 aliphatic heterocycles. The third-order valence-electron chi connectivity index (χ3n) is 5.98. The van der Waals surface area contributed by atoms with Crippen molar-refractivity contribution in [3.05, 3.63) is 33.1 Å². The highest BCUT2D eigenvalue weighted by molar-refractivity contribution is 8.01. The van der Waals surface area contributed by atoms with Gasteiger partial charge in [0.1, 0.15) is 11.6 Å². The maximum Gasteiger partial charge on any atom is 0.347 e. The molecule has 0 radical (unpaired) electrons. The summed E-state index contributed by atoms with van der Waals surface area (Å²) in [5.41, 5.74) is -0.758. The van der Waals surface area contributed by atoms with Crippen molar-refractivity contribution in [2.75, 3.05) is 12.4 Å². The summed E-state index contributed by atoms with van der Waals surface area (Å²) in [5.74, 6) is 1.11. The van der Waals surface area contributed by atoms with Gasteiger partial charge in [0.15, 0.2) is 0 Å². The SMILES string of the molecule is Cn1c(=O)n2n(c1=O)[C@@H]1C=C[C@H]2[C@]2(CCCO2)[C@]12CCCS2. The molecule has 0 N–H and O–H groups in total. The van der Waals surface area contributed by atoms with Gasteiger partial charge in [-0.25, -0.2) is 23.5 Å². The Balaban J connectivity index is 1.87. The van der Waals surface area contributed by atoms with E-state index in [4.69, 9.17) is 4.74 Å². The van der Waals surface area contributed by atoms with Crippen LogP contribution in [0.5, 0.6) is 0 Å². The van der Waals surface area contributed by atoms with E-state index in [1.54, 1.807) is 16.4 Å². The minimum atomic E-state index is -0.328. The van der Waals surface area contributed by atoms with Crippen molar-refractivity contribution < 1.29 is 4.74 Å². The summed E-state index contributed by atoms with van der Waals surface area (Å²) in [7, 11) is 1.57. The van der Waals surface area contributed by atoms with Crippen LogP contribution in [0.2, 0.25) is 0 Å². The van der Waals surface area contributed by atoms with Crippen LogP contribution in [0.3, 0.4) is 0 Å². The molecule has 0 amide bonds. The van der Waals surface area contributed by atoms with Crippen molar-refractivity contribution in [3.63, 3.8) is 0 Å². The lowest BCUT2D eigenvalue weighted by molar-refractivity contribution is -0.101. The number of nitrogens with zero attached hydrogens (tertiary/aromatic N) is 3. The fourth-order valence-electron chi connectivity index (χ4n) is 5.12. The van der Waals surface area contributed by atoms with E-state index >= 15 is 0 Å². The van der Waals surface area contributed by atoms with Crippen molar-refractivity contribution in [1.29, 1.82) is 0 Å². The Morgan fingerprint density at radius 1 is 1.14 bits per heavy atom. The largest absolute Gasteiger partial charge is 0.371 e. The second-order valence-electron chi connectivity index (χ2n) is 6.77. The molecule has 22 heavy (non-hydrogen) atoms. The fourth-order valence-corrected chi connectivity index (χ4v) is 6.93. The van der Waals surface area contributed by atoms with Crippen LogP contribution < -0.4 is 11.4 Å². The zero-order valence-corrected chi connectivity index (χ0v) is 13.3. The first-order chi connectivity index (χ1) is 10.6. The number of hydrogen-bond acceptors (Lipinski definition) is 4. The second kappa shape index (κ2) is 4.00. The third-order valence-corrected chi connectivity index (χ3v) is 7.78. The second-order valence-corrected chi connectivity index (χ2v) is 8.20. The van der Waals surface area contributed by atoms with Crippen molar-refractivity contribution in [1.82, 2.24) is 13.9 Å². The summed E-state index contributed by atoms with van der Waals surface area (Å²) in [6, 6.07) is -0.239. The topological polar surface area (TPSA) is 58.2 Å². The number of ether oxygens (including phenoxy) is 1. The van der Waals surface area contributed by atoms with Gasteiger partial charge in [-0.1, -0.05) is 12.2 Å². The maximum atomic E-state index is 12.6. The van der Waals surface area contributed by atoms with Crippen LogP contribution in [0.4, 0.5) is 0 Å². The molecule has 1 aromatic heterocycles. The predicted octanol–water partition coefficient (Wildman–Crippen LogP) is 0.829. The van der Waals surface area contributed by atoms with Crippen LogP contribution >= 0.6 is 11.8 Å². The lowest BCUT2D eigenvalue weighted by Gasteiger charge is -2.58. The van der Waals surface area contributed by atoms with Crippen molar-refractivity contribution >= 4 is 11.8 Å². The zero-order chi connectivity index (χ0) is 15.1.